The van der Waals surface area contributed by atoms with Gasteiger partial charge in [0.15, 0.2) is 0 Å². The molecule has 1 rings (SSSR count). The number of hydrogen-bond donors (Lipinski definition) is 1. The number of carbonyl (C=O) groups is 1. The van der Waals surface area contributed by atoms with Crippen LogP contribution in [0.1, 0.15) is 10.4 Å². The highest BCUT2D eigenvalue weighted by Gasteiger charge is 2.19. The molecule has 1 N–H and O–H groups in total. The average Bonchev–Trinajstić information content (AvgIpc) is 2.02. The van der Waals surface area contributed by atoms with E-state index >= 15 is 0 Å². The Morgan fingerprint density at radius 2 is 2.14 bits per heavy atom. The molecule has 0 heterocycles. The van der Waals surface area contributed by atoms with Crippen LogP contribution in [-0.2, 0) is 0 Å². The van der Waals surface area contributed by atoms with Gasteiger partial charge in [-0.15, -0.1) is 0 Å². The van der Waals surface area contributed by atoms with E-state index in [9.17, 15) is 14.9 Å². The van der Waals surface area contributed by atoms with Crippen LogP contribution in [0, 0.1) is 13.7 Å². The summed E-state index contributed by atoms with van der Waals surface area (Å²) in [7, 11) is 0. The fraction of sp³-hybridized carbons (Fsp3) is 0. The molecule has 0 saturated heterocycles. The maximum atomic E-state index is 10.6. The van der Waals surface area contributed by atoms with E-state index in [1.54, 1.807) is 22.6 Å². The molecule has 0 bridgehead atoms. The Morgan fingerprint density at radius 3 is 2.57 bits per heavy atom. The zero-order chi connectivity index (χ0) is 10.9. The summed E-state index contributed by atoms with van der Waals surface area (Å²) in [5.41, 5.74) is -0.522. The van der Waals surface area contributed by atoms with Gasteiger partial charge >= 0.3 is 5.97 Å². The van der Waals surface area contributed by atoms with Crippen molar-refractivity contribution in [3.63, 3.8) is 0 Å². The zero-order valence-electron chi connectivity index (χ0n) is 6.53. The van der Waals surface area contributed by atoms with Crippen LogP contribution in [-0.4, -0.2) is 16.0 Å². The molecule has 1 aromatic rings. The minimum absolute atomic E-state index is 0.0654. The van der Waals surface area contributed by atoms with E-state index in [-0.39, 0.29) is 10.6 Å². The minimum atomic E-state index is -1.21. The number of carboxylic acids is 1. The predicted molar refractivity (Wildman–Crippen MR) is 57.8 cm³/mol. The summed E-state index contributed by atoms with van der Waals surface area (Å²) < 4.78 is 0.366. The monoisotopic (exact) mass is 327 g/mol. The lowest BCUT2D eigenvalue weighted by atomic mass is 10.2. The maximum absolute atomic E-state index is 10.6. The number of rotatable bonds is 2. The number of nitrogens with zero attached hydrogens (tertiary/aromatic N) is 1. The molecule has 0 saturated carbocycles. The van der Waals surface area contributed by atoms with Crippen LogP contribution in [0.4, 0.5) is 5.69 Å². The van der Waals surface area contributed by atoms with Crippen molar-refractivity contribution >= 4 is 45.8 Å². The lowest BCUT2D eigenvalue weighted by Gasteiger charge is -2.00. The number of nitro benzene ring substituents is 1. The van der Waals surface area contributed by atoms with E-state index in [4.69, 9.17) is 16.7 Å². The molecule has 0 amide bonds. The van der Waals surface area contributed by atoms with E-state index in [0.717, 1.165) is 6.07 Å². The largest absolute Gasteiger partial charge is 0.478 e. The number of halogens is 2. The van der Waals surface area contributed by atoms with Gasteiger partial charge in [0.25, 0.3) is 5.69 Å². The van der Waals surface area contributed by atoms with E-state index in [1.807, 2.05) is 0 Å². The van der Waals surface area contributed by atoms with Gasteiger partial charge < -0.3 is 5.11 Å². The third-order valence-corrected chi connectivity index (χ3v) is 2.66. The molecule has 0 atom stereocenters. The van der Waals surface area contributed by atoms with E-state index in [1.165, 1.54) is 6.07 Å². The quantitative estimate of drug-likeness (QED) is 0.514. The van der Waals surface area contributed by atoms with E-state index in [0.29, 0.717) is 3.57 Å². The number of aromatic carboxylic acids is 1. The normalized spacial score (nSPS) is 9.86. The molecule has 7 heteroatoms. The molecule has 74 valence electrons. The van der Waals surface area contributed by atoms with Gasteiger partial charge in [0, 0.05) is 9.64 Å². The van der Waals surface area contributed by atoms with Crippen molar-refractivity contribution < 1.29 is 14.8 Å². The standard InChI is InChI=1S/C7H3ClINO4/c8-4-2-5(9)3(7(11)12)1-6(4)10(13)14/h1-2H,(H,11,12). The Bertz CT molecular complexity index is 385. The smallest absolute Gasteiger partial charge is 0.337 e. The highest BCUT2D eigenvalue weighted by atomic mass is 127. The summed E-state index contributed by atoms with van der Waals surface area (Å²) in [6.45, 7) is 0. The van der Waals surface area contributed by atoms with Crippen LogP contribution in [0.2, 0.25) is 5.02 Å². The molecule has 0 aliphatic rings. The van der Waals surface area contributed by atoms with Crippen molar-refractivity contribution in [3.8, 4) is 0 Å². The first-order valence-corrected chi connectivity index (χ1v) is 4.76. The molecule has 0 aliphatic carbocycles. The van der Waals surface area contributed by atoms with Gasteiger partial charge in [-0.3, -0.25) is 10.1 Å². The van der Waals surface area contributed by atoms with Gasteiger partial charge in [-0.2, -0.15) is 0 Å². The molecule has 5 nitrogen and oxygen atoms in total. The molecule has 0 unspecified atom stereocenters. The summed E-state index contributed by atoms with van der Waals surface area (Å²) in [6, 6.07) is 2.20. The van der Waals surface area contributed by atoms with Crippen molar-refractivity contribution in [3.05, 3.63) is 36.4 Å². The van der Waals surface area contributed by atoms with Gasteiger partial charge in [-0.25, -0.2) is 4.79 Å². The van der Waals surface area contributed by atoms with Crippen molar-refractivity contribution in [1.29, 1.82) is 0 Å². The Kier molecular flexibility index (Phi) is 3.27. The highest BCUT2D eigenvalue weighted by Crippen LogP contribution is 2.28. The summed E-state index contributed by atoms with van der Waals surface area (Å²) in [5.74, 6) is -1.21. The van der Waals surface area contributed by atoms with Gasteiger partial charge in [-0.05, 0) is 28.7 Å². The van der Waals surface area contributed by atoms with Crippen molar-refractivity contribution in [2.45, 2.75) is 0 Å². The summed E-state index contributed by atoms with van der Waals surface area (Å²) in [5, 5.41) is 19.1. The molecule has 0 aromatic heterocycles. The minimum Gasteiger partial charge on any atom is -0.478 e. The molecule has 0 aliphatic heterocycles. The number of carboxylic acid groups (broad SMARTS) is 1. The highest BCUT2D eigenvalue weighted by molar-refractivity contribution is 14.1. The Labute approximate surface area is 97.0 Å². The topological polar surface area (TPSA) is 80.4 Å². The van der Waals surface area contributed by atoms with Crippen LogP contribution in [0.5, 0.6) is 0 Å². The second-order valence-electron chi connectivity index (χ2n) is 2.35. The second kappa shape index (κ2) is 4.09. The van der Waals surface area contributed by atoms with Gasteiger partial charge in [-0.1, -0.05) is 11.6 Å². The molecule has 1 aromatic carbocycles. The fourth-order valence-corrected chi connectivity index (χ4v) is 1.96. The predicted octanol–water partition coefficient (Wildman–Crippen LogP) is 2.55. The first-order chi connectivity index (χ1) is 6.43. The summed E-state index contributed by atoms with van der Waals surface area (Å²) >= 11 is 7.32. The number of hydrogen-bond acceptors (Lipinski definition) is 3. The van der Waals surface area contributed by atoms with Crippen molar-refractivity contribution in [1.82, 2.24) is 0 Å². The Hall–Kier alpha value is -0.890. The molecule has 0 spiro atoms. The van der Waals surface area contributed by atoms with Crippen LogP contribution in [0.25, 0.3) is 0 Å². The Morgan fingerprint density at radius 1 is 1.57 bits per heavy atom. The molecule has 14 heavy (non-hydrogen) atoms. The molecule has 0 radical (unpaired) electrons. The van der Waals surface area contributed by atoms with Gasteiger partial charge in [0.2, 0.25) is 0 Å². The second-order valence-corrected chi connectivity index (χ2v) is 3.92. The molecule has 0 fully saturated rings. The average molecular weight is 327 g/mol. The van der Waals surface area contributed by atoms with Crippen LogP contribution >= 0.6 is 34.2 Å². The number of nitro groups is 1. The van der Waals surface area contributed by atoms with Crippen LogP contribution < -0.4 is 0 Å². The molecular weight excluding hydrogens is 324 g/mol. The third kappa shape index (κ3) is 2.13. The number of benzene rings is 1. The summed E-state index contributed by atoms with van der Waals surface area (Å²) in [6.07, 6.45) is 0. The first kappa shape index (κ1) is 11.2. The lowest BCUT2D eigenvalue weighted by molar-refractivity contribution is -0.384. The van der Waals surface area contributed by atoms with Gasteiger partial charge in [0.1, 0.15) is 5.02 Å². The van der Waals surface area contributed by atoms with Crippen LogP contribution in [0.15, 0.2) is 12.1 Å². The van der Waals surface area contributed by atoms with Crippen molar-refractivity contribution in [2.75, 3.05) is 0 Å². The van der Waals surface area contributed by atoms with Crippen LogP contribution in [0.3, 0.4) is 0 Å². The summed E-state index contributed by atoms with van der Waals surface area (Å²) in [4.78, 5) is 20.4. The van der Waals surface area contributed by atoms with E-state index in [2.05, 4.69) is 0 Å². The zero-order valence-corrected chi connectivity index (χ0v) is 9.44. The Balaban J connectivity index is 3.42. The molecular formula is C7H3ClINO4. The first-order valence-electron chi connectivity index (χ1n) is 3.30. The van der Waals surface area contributed by atoms with E-state index < -0.39 is 16.6 Å². The van der Waals surface area contributed by atoms with Crippen molar-refractivity contribution in [2.24, 2.45) is 0 Å². The lowest BCUT2D eigenvalue weighted by Crippen LogP contribution is -2.01. The SMILES string of the molecule is O=C(O)c1cc([N+](=O)[O-])c(Cl)cc1I. The fourth-order valence-electron chi connectivity index (χ4n) is 0.841. The maximum Gasteiger partial charge on any atom is 0.337 e. The van der Waals surface area contributed by atoms with Gasteiger partial charge in [0.05, 0.1) is 10.5 Å². The third-order valence-electron chi connectivity index (χ3n) is 1.46.